The third-order valence-corrected chi connectivity index (χ3v) is 3.83. The van der Waals surface area contributed by atoms with Gasteiger partial charge in [0.1, 0.15) is 0 Å². The van der Waals surface area contributed by atoms with Crippen LogP contribution >= 0.6 is 15.9 Å². The molecule has 1 aromatic heterocycles. The van der Waals surface area contributed by atoms with Crippen molar-refractivity contribution in [3.8, 4) is 11.4 Å². The van der Waals surface area contributed by atoms with Crippen LogP contribution in [0.15, 0.2) is 65.3 Å². The number of aromatic nitrogens is 2. The molecule has 5 heteroatoms. The Morgan fingerprint density at radius 2 is 1.87 bits per heavy atom. The van der Waals surface area contributed by atoms with Crippen LogP contribution in [0.1, 0.15) is 16.1 Å². The highest BCUT2D eigenvalue weighted by Gasteiger charge is 2.13. The summed E-state index contributed by atoms with van der Waals surface area (Å²) in [5.74, 6) is 0.391. The van der Waals surface area contributed by atoms with Crippen LogP contribution in [0.5, 0.6) is 0 Å². The molecule has 114 valence electrons. The monoisotopic (exact) mass is 367 g/mol. The zero-order valence-electron chi connectivity index (χ0n) is 12.5. The summed E-state index contributed by atoms with van der Waals surface area (Å²) in [5.41, 5.74) is 2.75. The van der Waals surface area contributed by atoms with Crippen molar-refractivity contribution in [2.75, 3.05) is 5.32 Å². The van der Waals surface area contributed by atoms with Crippen LogP contribution < -0.4 is 5.32 Å². The molecule has 0 atom stereocenters. The predicted molar refractivity (Wildman–Crippen MR) is 94.3 cm³/mol. The Bertz CT molecular complexity index is 850. The van der Waals surface area contributed by atoms with Gasteiger partial charge in [-0.15, -0.1) is 0 Å². The van der Waals surface area contributed by atoms with Gasteiger partial charge in [0.2, 0.25) is 0 Å². The lowest BCUT2D eigenvalue weighted by Crippen LogP contribution is -2.15. The Morgan fingerprint density at radius 3 is 2.57 bits per heavy atom. The van der Waals surface area contributed by atoms with Crippen molar-refractivity contribution >= 4 is 27.5 Å². The molecule has 0 fully saturated rings. The third kappa shape index (κ3) is 3.63. The molecule has 2 aromatic carbocycles. The van der Waals surface area contributed by atoms with E-state index in [1.165, 1.54) is 0 Å². The number of nitrogens with zero attached hydrogens (tertiary/aromatic N) is 2. The molecule has 0 aliphatic carbocycles. The molecule has 1 N–H and O–H groups in total. The van der Waals surface area contributed by atoms with Gasteiger partial charge in [0.05, 0.1) is 11.3 Å². The SMILES string of the molecule is Cc1nc(-c2ccccc2)ncc1C(=O)Nc1cccc(Br)c1. The number of hydrogen-bond acceptors (Lipinski definition) is 3. The molecule has 0 aliphatic rings. The second-order valence-corrected chi connectivity index (χ2v) is 5.94. The van der Waals surface area contributed by atoms with Crippen molar-refractivity contribution < 1.29 is 4.79 Å². The molecule has 23 heavy (non-hydrogen) atoms. The van der Waals surface area contributed by atoms with E-state index in [1.807, 2.05) is 61.5 Å². The second kappa shape index (κ2) is 6.71. The number of carbonyl (C=O) groups excluding carboxylic acids is 1. The van der Waals surface area contributed by atoms with Gasteiger partial charge in [-0.05, 0) is 25.1 Å². The highest BCUT2D eigenvalue weighted by molar-refractivity contribution is 9.10. The van der Waals surface area contributed by atoms with Gasteiger partial charge in [0, 0.05) is 21.9 Å². The van der Waals surface area contributed by atoms with Crippen molar-refractivity contribution in [1.29, 1.82) is 0 Å². The van der Waals surface area contributed by atoms with Crippen LogP contribution in [-0.4, -0.2) is 15.9 Å². The van der Waals surface area contributed by atoms with Crippen LogP contribution in [0.2, 0.25) is 0 Å². The standard InChI is InChI=1S/C18H14BrN3O/c1-12-16(18(23)22-15-9-5-8-14(19)10-15)11-20-17(21-12)13-6-3-2-4-7-13/h2-11H,1H3,(H,22,23). The molecule has 3 rings (SSSR count). The minimum absolute atomic E-state index is 0.222. The first-order chi connectivity index (χ1) is 11.1. The van der Waals surface area contributed by atoms with Crippen LogP contribution in [0.3, 0.4) is 0 Å². The summed E-state index contributed by atoms with van der Waals surface area (Å²) < 4.78 is 0.905. The largest absolute Gasteiger partial charge is 0.322 e. The van der Waals surface area contributed by atoms with E-state index in [0.717, 1.165) is 15.7 Å². The fourth-order valence-electron chi connectivity index (χ4n) is 2.18. The van der Waals surface area contributed by atoms with Crippen LogP contribution in [0.25, 0.3) is 11.4 Å². The maximum Gasteiger partial charge on any atom is 0.259 e. The van der Waals surface area contributed by atoms with E-state index in [9.17, 15) is 4.79 Å². The lowest BCUT2D eigenvalue weighted by Gasteiger charge is -2.08. The van der Waals surface area contributed by atoms with Gasteiger partial charge >= 0.3 is 0 Å². The molecule has 3 aromatic rings. The van der Waals surface area contributed by atoms with Crippen molar-refractivity contribution in [2.24, 2.45) is 0 Å². The lowest BCUT2D eigenvalue weighted by molar-refractivity contribution is 0.102. The molecule has 0 saturated carbocycles. The van der Waals surface area contributed by atoms with Gasteiger partial charge < -0.3 is 5.32 Å². The van der Waals surface area contributed by atoms with E-state index in [4.69, 9.17) is 0 Å². The lowest BCUT2D eigenvalue weighted by atomic mass is 10.2. The number of aryl methyl sites for hydroxylation is 1. The smallest absolute Gasteiger partial charge is 0.259 e. The Kier molecular flexibility index (Phi) is 4.48. The molecular weight excluding hydrogens is 354 g/mol. The molecule has 0 unspecified atom stereocenters. The number of nitrogens with one attached hydrogen (secondary N) is 1. The fraction of sp³-hybridized carbons (Fsp3) is 0.0556. The second-order valence-electron chi connectivity index (χ2n) is 5.02. The van der Waals surface area contributed by atoms with E-state index in [0.29, 0.717) is 17.1 Å². The third-order valence-electron chi connectivity index (χ3n) is 3.34. The number of benzene rings is 2. The summed E-state index contributed by atoms with van der Waals surface area (Å²) in [4.78, 5) is 21.1. The zero-order valence-corrected chi connectivity index (χ0v) is 14.0. The molecule has 0 spiro atoms. The van der Waals surface area contributed by atoms with E-state index < -0.39 is 0 Å². The molecule has 1 amide bonds. The van der Waals surface area contributed by atoms with Gasteiger partial charge in [0.15, 0.2) is 5.82 Å². The molecule has 4 nitrogen and oxygen atoms in total. The Morgan fingerprint density at radius 1 is 1.09 bits per heavy atom. The van der Waals surface area contributed by atoms with Gasteiger partial charge in [-0.25, -0.2) is 9.97 Å². The summed E-state index contributed by atoms with van der Waals surface area (Å²) in [5, 5.41) is 2.85. The van der Waals surface area contributed by atoms with Crippen molar-refractivity contribution in [3.05, 3.63) is 76.5 Å². The summed E-state index contributed by atoms with van der Waals surface area (Å²) in [7, 11) is 0. The Balaban J connectivity index is 1.84. The molecule has 0 bridgehead atoms. The van der Waals surface area contributed by atoms with Gasteiger partial charge in [-0.2, -0.15) is 0 Å². The average Bonchev–Trinajstić information content (AvgIpc) is 2.55. The van der Waals surface area contributed by atoms with E-state index >= 15 is 0 Å². The molecule has 0 radical (unpaired) electrons. The topological polar surface area (TPSA) is 54.9 Å². The minimum atomic E-state index is -0.222. The van der Waals surface area contributed by atoms with Gasteiger partial charge in [-0.1, -0.05) is 52.3 Å². The highest BCUT2D eigenvalue weighted by Crippen LogP contribution is 2.19. The minimum Gasteiger partial charge on any atom is -0.322 e. The summed E-state index contributed by atoms with van der Waals surface area (Å²) in [6.07, 6.45) is 1.57. The molecule has 1 heterocycles. The summed E-state index contributed by atoms with van der Waals surface area (Å²) in [6, 6.07) is 17.1. The van der Waals surface area contributed by atoms with Crippen molar-refractivity contribution in [1.82, 2.24) is 9.97 Å². The number of hydrogen-bond donors (Lipinski definition) is 1. The number of halogens is 1. The van der Waals surface area contributed by atoms with Crippen LogP contribution in [-0.2, 0) is 0 Å². The van der Waals surface area contributed by atoms with E-state index in [1.54, 1.807) is 6.20 Å². The maximum atomic E-state index is 12.4. The number of anilines is 1. The Hall–Kier alpha value is -2.53. The molecular formula is C18H14BrN3O. The van der Waals surface area contributed by atoms with Crippen molar-refractivity contribution in [3.63, 3.8) is 0 Å². The van der Waals surface area contributed by atoms with Crippen LogP contribution in [0.4, 0.5) is 5.69 Å². The van der Waals surface area contributed by atoms with Crippen LogP contribution in [0, 0.1) is 6.92 Å². The van der Waals surface area contributed by atoms with E-state index in [2.05, 4.69) is 31.2 Å². The van der Waals surface area contributed by atoms with Gasteiger partial charge in [-0.3, -0.25) is 4.79 Å². The Labute approximate surface area is 142 Å². The normalized spacial score (nSPS) is 10.3. The quantitative estimate of drug-likeness (QED) is 0.742. The summed E-state index contributed by atoms with van der Waals surface area (Å²) >= 11 is 3.38. The molecule has 0 saturated heterocycles. The summed E-state index contributed by atoms with van der Waals surface area (Å²) in [6.45, 7) is 1.81. The van der Waals surface area contributed by atoms with E-state index in [-0.39, 0.29) is 5.91 Å². The number of rotatable bonds is 3. The van der Waals surface area contributed by atoms with Gasteiger partial charge in [0.25, 0.3) is 5.91 Å². The maximum absolute atomic E-state index is 12.4. The molecule has 0 aliphatic heterocycles. The first kappa shape index (κ1) is 15.4. The first-order valence-electron chi connectivity index (χ1n) is 7.09. The fourth-order valence-corrected chi connectivity index (χ4v) is 2.58. The number of amides is 1. The predicted octanol–water partition coefficient (Wildman–Crippen LogP) is 4.47. The highest BCUT2D eigenvalue weighted by atomic mass is 79.9. The average molecular weight is 368 g/mol. The number of carbonyl (C=O) groups is 1. The van der Waals surface area contributed by atoms with Crippen molar-refractivity contribution in [2.45, 2.75) is 6.92 Å². The first-order valence-corrected chi connectivity index (χ1v) is 7.89. The zero-order chi connectivity index (χ0) is 16.2.